The van der Waals surface area contributed by atoms with Gasteiger partial charge in [-0.3, -0.25) is 9.69 Å². The van der Waals surface area contributed by atoms with Gasteiger partial charge in [-0.15, -0.1) is 0 Å². The van der Waals surface area contributed by atoms with E-state index in [9.17, 15) is 4.79 Å². The Kier molecular flexibility index (Phi) is 4.88. The molecule has 1 aromatic rings. The number of fused-ring (bicyclic) bond motifs is 2. The molecule has 3 fully saturated rings. The van der Waals surface area contributed by atoms with Crippen molar-refractivity contribution in [2.75, 3.05) is 13.1 Å². The van der Waals surface area contributed by atoms with Crippen molar-refractivity contribution in [3.63, 3.8) is 0 Å². The Labute approximate surface area is 145 Å². The van der Waals surface area contributed by atoms with Crippen molar-refractivity contribution in [2.24, 2.45) is 17.8 Å². The highest BCUT2D eigenvalue weighted by molar-refractivity contribution is 5.76. The van der Waals surface area contributed by atoms with Gasteiger partial charge in [-0.25, -0.2) is 0 Å². The van der Waals surface area contributed by atoms with E-state index in [-0.39, 0.29) is 0 Å². The summed E-state index contributed by atoms with van der Waals surface area (Å²) in [6, 6.07) is 11.1. The number of benzene rings is 1. The van der Waals surface area contributed by atoms with E-state index in [0.717, 1.165) is 50.7 Å². The third-order valence-corrected chi connectivity index (χ3v) is 6.53. The summed E-state index contributed by atoms with van der Waals surface area (Å²) >= 11 is 0. The molecule has 0 radical (unpaired) electrons. The average Bonchev–Trinajstić information content (AvgIpc) is 3.20. The molecule has 1 N–H and O–H groups in total. The van der Waals surface area contributed by atoms with Gasteiger partial charge in [-0.05, 0) is 55.4 Å². The summed E-state index contributed by atoms with van der Waals surface area (Å²) in [7, 11) is 0. The van der Waals surface area contributed by atoms with Gasteiger partial charge in [0.25, 0.3) is 0 Å². The summed E-state index contributed by atoms with van der Waals surface area (Å²) in [5, 5.41) is 3.32. The summed E-state index contributed by atoms with van der Waals surface area (Å²) in [6.45, 7) is 3.22. The molecule has 2 saturated carbocycles. The molecule has 1 aliphatic heterocycles. The first-order valence-corrected chi connectivity index (χ1v) is 9.82. The number of likely N-dealkylation sites (tertiary alicyclic amines) is 1. The molecule has 0 spiro atoms. The van der Waals surface area contributed by atoms with Gasteiger partial charge in [-0.2, -0.15) is 0 Å². The number of hydrogen-bond acceptors (Lipinski definition) is 2. The fourth-order valence-electron chi connectivity index (χ4n) is 5.23. The van der Waals surface area contributed by atoms with E-state index in [1.807, 2.05) is 0 Å². The first-order chi connectivity index (χ1) is 11.8. The molecular formula is C21H30N2O. The molecule has 3 atom stereocenters. The lowest BCUT2D eigenvalue weighted by atomic mass is 9.86. The molecule has 4 rings (SSSR count). The zero-order valence-electron chi connectivity index (χ0n) is 14.6. The summed E-state index contributed by atoms with van der Waals surface area (Å²) in [5.74, 6) is 2.79. The Morgan fingerprint density at radius 2 is 1.83 bits per heavy atom. The lowest BCUT2D eigenvalue weighted by molar-refractivity contribution is -0.123. The van der Waals surface area contributed by atoms with E-state index >= 15 is 0 Å². The number of nitrogens with one attached hydrogen (secondary N) is 1. The van der Waals surface area contributed by atoms with Gasteiger partial charge in [0.2, 0.25) is 5.91 Å². The van der Waals surface area contributed by atoms with Crippen LogP contribution in [0, 0.1) is 17.8 Å². The predicted molar refractivity (Wildman–Crippen MR) is 96.4 cm³/mol. The number of hydrogen-bond donors (Lipinski definition) is 1. The summed E-state index contributed by atoms with van der Waals surface area (Å²) < 4.78 is 0. The highest BCUT2D eigenvalue weighted by atomic mass is 16.1. The maximum atomic E-state index is 12.4. The van der Waals surface area contributed by atoms with Crippen LogP contribution in [0.15, 0.2) is 30.3 Å². The van der Waals surface area contributed by atoms with Crippen LogP contribution < -0.4 is 5.32 Å². The highest BCUT2D eigenvalue weighted by Crippen LogP contribution is 2.49. The molecule has 0 unspecified atom stereocenters. The summed E-state index contributed by atoms with van der Waals surface area (Å²) in [4.78, 5) is 14.9. The molecule has 1 aromatic carbocycles. The quantitative estimate of drug-likeness (QED) is 0.897. The van der Waals surface area contributed by atoms with Crippen LogP contribution in [0.5, 0.6) is 0 Å². The van der Waals surface area contributed by atoms with E-state index < -0.39 is 0 Å². The van der Waals surface area contributed by atoms with Crippen molar-refractivity contribution in [3.05, 3.63) is 35.9 Å². The topological polar surface area (TPSA) is 32.3 Å². The Morgan fingerprint density at radius 3 is 2.50 bits per heavy atom. The van der Waals surface area contributed by atoms with Crippen molar-refractivity contribution in [1.29, 1.82) is 0 Å². The molecule has 130 valence electrons. The average molecular weight is 326 g/mol. The standard InChI is InChI=1S/C21H30N2O/c24-21(14-19-13-17-6-7-18(19)12-17)22-20-8-10-23(11-9-20)15-16-4-2-1-3-5-16/h1-5,17-20H,6-15H2,(H,22,24)/t17-,18-,19-/m1/s1. The van der Waals surface area contributed by atoms with Gasteiger partial charge in [-0.1, -0.05) is 36.8 Å². The van der Waals surface area contributed by atoms with E-state index in [1.165, 1.54) is 31.2 Å². The van der Waals surface area contributed by atoms with Crippen LogP contribution in [-0.2, 0) is 11.3 Å². The Hall–Kier alpha value is -1.35. The first kappa shape index (κ1) is 16.1. The molecule has 0 aromatic heterocycles. The number of nitrogens with zero attached hydrogens (tertiary/aromatic N) is 1. The van der Waals surface area contributed by atoms with Crippen molar-refractivity contribution in [1.82, 2.24) is 10.2 Å². The highest BCUT2D eigenvalue weighted by Gasteiger charge is 2.40. The molecule has 2 aliphatic carbocycles. The molecule has 3 nitrogen and oxygen atoms in total. The van der Waals surface area contributed by atoms with Gasteiger partial charge < -0.3 is 5.32 Å². The Morgan fingerprint density at radius 1 is 1.04 bits per heavy atom. The second-order valence-electron chi connectivity index (χ2n) is 8.24. The fourth-order valence-corrected chi connectivity index (χ4v) is 5.23. The second kappa shape index (κ2) is 7.26. The van der Waals surface area contributed by atoms with Crippen LogP contribution in [0.4, 0.5) is 0 Å². The minimum atomic E-state index is 0.314. The van der Waals surface area contributed by atoms with Crippen LogP contribution in [0.25, 0.3) is 0 Å². The van der Waals surface area contributed by atoms with Crippen molar-refractivity contribution in [3.8, 4) is 0 Å². The number of piperidine rings is 1. The molecule has 2 bridgehead atoms. The van der Waals surface area contributed by atoms with Crippen molar-refractivity contribution in [2.45, 2.75) is 57.5 Å². The van der Waals surface area contributed by atoms with Crippen LogP contribution in [-0.4, -0.2) is 29.9 Å². The smallest absolute Gasteiger partial charge is 0.220 e. The van der Waals surface area contributed by atoms with E-state index in [1.54, 1.807) is 0 Å². The lowest BCUT2D eigenvalue weighted by Gasteiger charge is -2.32. The molecule has 3 aliphatic rings. The van der Waals surface area contributed by atoms with Gasteiger partial charge in [0.1, 0.15) is 0 Å². The third kappa shape index (κ3) is 3.83. The first-order valence-electron chi connectivity index (χ1n) is 9.82. The zero-order valence-corrected chi connectivity index (χ0v) is 14.6. The minimum absolute atomic E-state index is 0.314. The molecule has 3 heteroatoms. The zero-order chi connectivity index (χ0) is 16.4. The third-order valence-electron chi connectivity index (χ3n) is 6.53. The summed E-state index contributed by atoms with van der Waals surface area (Å²) in [6.07, 6.45) is 8.47. The monoisotopic (exact) mass is 326 g/mol. The van der Waals surface area contributed by atoms with Gasteiger partial charge in [0.05, 0.1) is 0 Å². The minimum Gasteiger partial charge on any atom is -0.353 e. The maximum Gasteiger partial charge on any atom is 0.220 e. The largest absolute Gasteiger partial charge is 0.353 e. The van der Waals surface area contributed by atoms with Gasteiger partial charge in [0, 0.05) is 32.1 Å². The normalized spacial score (nSPS) is 30.6. The van der Waals surface area contributed by atoms with Crippen LogP contribution in [0.1, 0.15) is 50.5 Å². The van der Waals surface area contributed by atoms with Crippen molar-refractivity contribution < 1.29 is 4.79 Å². The van der Waals surface area contributed by atoms with Crippen LogP contribution >= 0.6 is 0 Å². The number of carbonyl (C=O) groups is 1. The molecular weight excluding hydrogens is 296 g/mol. The van der Waals surface area contributed by atoms with E-state index in [4.69, 9.17) is 0 Å². The lowest BCUT2D eigenvalue weighted by Crippen LogP contribution is -2.44. The Bertz CT molecular complexity index is 550. The van der Waals surface area contributed by atoms with E-state index in [2.05, 4.69) is 40.5 Å². The van der Waals surface area contributed by atoms with Crippen LogP contribution in [0.2, 0.25) is 0 Å². The molecule has 24 heavy (non-hydrogen) atoms. The van der Waals surface area contributed by atoms with Gasteiger partial charge >= 0.3 is 0 Å². The van der Waals surface area contributed by atoms with E-state index in [0.29, 0.717) is 17.9 Å². The number of amides is 1. The summed E-state index contributed by atoms with van der Waals surface area (Å²) in [5.41, 5.74) is 1.39. The molecule has 1 saturated heterocycles. The SMILES string of the molecule is O=C(C[C@H]1C[C@@H]2CC[C@@H]1C2)NC1CCN(Cc2ccccc2)CC1. The second-order valence-corrected chi connectivity index (χ2v) is 8.24. The number of rotatable bonds is 5. The predicted octanol–water partition coefficient (Wildman–Crippen LogP) is 3.59. The Balaban J connectivity index is 1.18. The maximum absolute atomic E-state index is 12.4. The number of carbonyl (C=O) groups excluding carboxylic acids is 1. The molecule has 1 amide bonds. The molecule has 1 heterocycles. The fraction of sp³-hybridized carbons (Fsp3) is 0.667. The van der Waals surface area contributed by atoms with Crippen molar-refractivity contribution >= 4 is 5.91 Å². The van der Waals surface area contributed by atoms with Gasteiger partial charge in [0.15, 0.2) is 0 Å². The van der Waals surface area contributed by atoms with Crippen LogP contribution in [0.3, 0.4) is 0 Å².